The summed E-state index contributed by atoms with van der Waals surface area (Å²) in [6.45, 7) is 0.592. The molecular weight excluding hydrogens is 277 g/mol. The van der Waals surface area contributed by atoms with Crippen molar-refractivity contribution >= 4 is 23.2 Å². The molecular formula is C14H18FN3O3. The van der Waals surface area contributed by atoms with Crippen molar-refractivity contribution in [3.05, 3.63) is 24.0 Å². The molecule has 0 aliphatic carbocycles. The van der Waals surface area contributed by atoms with Gasteiger partial charge in [0.05, 0.1) is 12.3 Å². The minimum absolute atomic E-state index is 0.0781. The molecule has 3 N–H and O–H groups in total. The monoisotopic (exact) mass is 295 g/mol. The number of rotatable bonds is 5. The van der Waals surface area contributed by atoms with Gasteiger partial charge in [-0.2, -0.15) is 0 Å². The van der Waals surface area contributed by atoms with Crippen molar-refractivity contribution in [3.8, 4) is 0 Å². The molecule has 0 spiro atoms. The quantitative estimate of drug-likeness (QED) is 0.844. The fourth-order valence-corrected chi connectivity index (χ4v) is 2.20. The van der Waals surface area contributed by atoms with Gasteiger partial charge in [-0.1, -0.05) is 0 Å². The Bertz CT molecular complexity index is 550. The number of amides is 2. The van der Waals surface area contributed by atoms with E-state index >= 15 is 0 Å². The van der Waals surface area contributed by atoms with Crippen LogP contribution in [0.1, 0.15) is 12.8 Å². The van der Waals surface area contributed by atoms with Crippen LogP contribution < -0.4 is 16.0 Å². The molecule has 1 aromatic carbocycles. The predicted octanol–water partition coefficient (Wildman–Crippen LogP) is 0.865. The summed E-state index contributed by atoms with van der Waals surface area (Å²) in [5, 5.41) is 2.51. The largest absolute Gasteiger partial charge is 0.383 e. The molecule has 1 aliphatic heterocycles. The molecule has 1 aromatic rings. The van der Waals surface area contributed by atoms with Gasteiger partial charge in [0, 0.05) is 25.8 Å². The topological polar surface area (TPSA) is 84.7 Å². The van der Waals surface area contributed by atoms with Crippen molar-refractivity contribution in [1.82, 2.24) is 0 Å². The Kier molecular flexibility index (Phi) is 4.87. The van der Waals surface area contributed by atoms with E-state index < -0.39 is 17.8 Å². The zero-order chi connectivity index (χ0) is 15.4. The van der Waals surface area contributed by atoms with Crippen LogP contribution >= 0.6 is 0 Å². The number of nitrogens with zero attached hydrogens (tertiary/aromatic N) is 1. The van der Waals surface area contributed by atoms with Gasteiger partial charge < -0.3 is 20.7 Å². The van der Waals surface area contributed by atoms with E-state index in [0.29, 0.717) is 18.7 Å². The summed E-state index contributed by atoms with van der Waals surface area (Å²) in [6.07, 6.45) is 1.16. The minimum Gasteiger partial charge on any atom is -0.383 e. The molecule has 0 bridgehead atoms. The van der Waals surface area contributed by atoms with E-state index in [1.54, 1.807) is 6.07 Å². The molecule has 6 nitrogen and oxygen atoms in total. The number of nitrogens with two attached hydrogens (primary N) is 1. The number of carbonyl (C=O) groups is 2. The van der Waals surface area contributed by atoms with Crippen molar-refractivity contribution in [2.45, 2.75) is 18.9 Å². The number of nitrogens with one attached hydrogen (secondary N) is 1. The molecule has 1 fully saturated rings. The second-order valence-electron chi connectivity index (χ2n) is 4.87. The lowest BCUT2D eigenvalue weighted by atomic mass is 10.2. The summed E-state index contributed by atoms with van der Waals surface area (Å²) in [6, 6.07) is 3.38. The fourth-order valence-electron chi connectivity index (χ4n) is 2.20. The first-order valence-corrected chi connectivity index (χ1v) is 6.68. The molecule has 2 amide bonds. The Morgan fingerprint density at radius 1 is 1.57 bits per heavy atom. The second-order valence-corrected chi connectivity index (χ2v) is 4.87. The van der Waals surface area contributed by atoms with Gasteiger partial charge in [-0.3, -0.25) is 9.59 Å². The number of halogens is 1. The van der Waals surface area contributed by atoms with Crippen LogP contribution in [-0.2, 0) is 14.3 Å². The van der Waals surface area contributed by atoms with Crippen LogP contribution in [0.25, 0.3) is 0 Å². The van der Waals surface area contributed by atoms with Crippen molar-refractivity contribution in [3.63, 3.8) is 0 Å². The lowest BCUT2D eigenvalue weighted by Gasteiger charge is -2.17. The Balaban J connectivity index is 2.08. The van der Waals surface area contributed by atoms with Crippen LogP contribution in [0.5, 0.6) is 0 Å². The summed E-state index contributed by atoms with van der Waals surface area (Å²) < 4.78 is 18.9. The van der Waals surface area contributed by atoms with Gasteiger partial charge in [0.1, 0.15) is 11.9 Å². The van der Waals surface area contributed by atoms with E-state index in [1.807, 2.05) is 0 Å². The van der Waals surface area contributed by atoms with E-state index in [1.165, 1.54) is 24.1 Å². The van der Waals surface area contributed by atoms with Crippen molar-refractivity contribution in [2.24, 2.45) is 5.73 Å². The van der Waals surface area contributed by atoms with Crippen LogP contribution in [-0.4, -0.2) is 38.1 Å². The standard InChI is InChI=1S/C14H18FN3O3/c1-21-8-11(16)14(20)17-9-4-5-12(10(15)7-9)18-6-2-3-13(18)19/h4-5,7,11H,2-3,6,8,16H2,1H3,(H,17,20). The predicted molar refractivity (Wildman–Crippen MR) is 76.5 cm³/mol. The number of hydrogen-bond acceptors (Lipinski definition) is 4. The second kappa shape index (κ2) is 6.64. The van der Waals surface area contributed by atoms with E-state index in [4.69, 9.17) is 10.5 Å². The van der Waals surface area contributed by atoms with E-state index in [-0.39, 0.29) is 18.2 Å². The number of benzene rings is 1. The maximum Gasteiger partial charge on any atom is 0.243 e. The normalized spacial score (nSPS) is 16.1. The fraction of sp³-hybridized carbons (Fsp3) is 0.429. The molecule has 2 rings (SSSR count). The van der Waals surface area contributed by atoms with Crippen LogP contribution in [0, 0.1) is 5.82 Å². The van der Waals surface area contributed by atoms with Gasteiger partial charge in [0.15, 0.2) is 0 Å². The Morgan fingerprint density at radius 2 is 2.33 bits per heavy atom. The Hall–Kier alpha value is -1.99. The highest BCUT2D eigenvalue weighted by Crippen LogP contribution is 2.26. The molecule has 1 heterocycles. The SMILES string of the molecule is COCC(N)C(=O)Nc1ccc(N2CCCC2=O)c(F)c1. The molecule has 114 valence electrons. The summed E-state index contributed by atoms with van der Waals surface area (Å²) in [4.78, 5) is 24.7. The number of methoxy groups -OCH3 is 1. The first-order chi connectivity index (χ1) is 10.0. The third-order valence-electron chi connectivity index (χ3n) is 3.26. The van der Waals surface area contributed by atoms with Gasteiger partial charge >= 0.3 is 0 Å². The van der Waals surface area contributed by atoms with E-state index in [9.17, 15) is 14.0 Å². The first kappa shape index (κ1) is 15.4. The van der Waals surface area contributed by atoms with Gasteiger partial charge in [0.2, 0.25) is 11.8 Å². The summed E-state index contributed by atoms with van der Waals surface area (Å²) in [7, 11) is 1.44. The van der Waals surface area contributed by atoms with Crippen molar-refractivity contribution in [1.29, 1.82) is 0 Å². The molecule has 1 atom stereocenters. The molecule has 7 heteroatoms. The van der Waals surface area contributed by atoms with Crippen LogP contribution in [0.15, 0.2) is 18.2 Å². The van der Waals surface area contributed by atoms with Crippen LogP contribution in [0.4, 0.5) is 15.8 Å². The van der Waals surface area contributed by atoms with Crippen LogP contribution in [0.2, 0.25) is 0 Å². The third kappa shape index (κ3) is 3.56. The smallest absolute Gasteiger partial charge is 0.243 e. The number of anilines is 2. The van der Waals surface area contributed by atoms with Gasteiger partial charge in [-0.15, -0.1) is 0 Å². The van der Waals surface area contributed by atoms with Crippen molar-refractivity contribution < 1.29 is 18.7 Å². The maximum atomic E-state index is 14.1. The average Bonchev–Trinajstić information content (AvgIpc) is 2.85. The Morgan fingerprint density at radius 3 is 2.90 bits per heavy atom. The van der Waals surface area contributed by atoms with Crippen LogP contribution in [0.3, 0.4) is 0 Å². The number of ether oxygens (including phenoxy) is 1. The molecule has 21 heavy (non-hydrogen) atoms. The van der Waals surface area contributed by atoms with E-state index in [2.05, 4.69) is 5.32 Å². The van der Waals surface area contributed by atoms with Gasteiger partial charge in [0.25, 0.3) is 0 Å². The molecule has 0 aromatic heterocycles. The number of carbonyl (C=O) groups excluding carboxylic acids is 2. The summed E-state index contributed by atoms with van der Waals surface area (Å²) in [5.41, 5.74) is 6.10. The zero-order valence-electron chi connectivity index (χ0n) is 11.8. The molecule has 1 saturated heterocycles. The molecule has 1 unspecified atom stereocenters. The Labute approximate surface area is 122 Å². The highest BCUT2D eigenvalue weighted by molar-refractivity contribution is 5.97. The number of hydrogen-bond donors (Lipinski definition) is 2. The highest BCUT2D eigenvalue weighted by Gasteiger charge is 2.24. The average molecular weight is 295 g/mol. The van der Waals surface area contributed by atoms with Gasteiger partial charge in [-0.25, -0.2) is 4.39 Å². The lowest BCUT2D eigenvalue weighted by molar-refractivity contribution is -0.118. The minimum atomic E-state index is -0.821. The zero-order valence-corrected chi connectivity index (χ0v) is 11.8. The highest BCUT2D eigenvalue weighted by atomic mass is 19.1. The van der Waals surface area contributed by atoms with Gasteiger partial charge in [-0.05, 0) is 24.6 Å². The summed E-state index contributed by atoms with van der Waals surface area (Å²) >= 11 is 0. The van der Waals surface area contributed by atoms with E-state index in [0.717, 1.165) is 6.42 Å². The maximum absolute atomic E-state index is 14.1. The molecule has 0 radical (unpaired) electrons. The molecule has 0 saturated carbocycles. The first-order valence-electron chi connectivity index (χ1n) is 6.68. The summed E-state index contributed by atoms with van der Waals surface area (Å²) in [5.74, 6) is -1.10. The third-order valence-corrected chi connectivity index (χ3v) is 3.26. The molecule has 1 aliphatic rings. The van der Waals surface area contributed by atoms with Crippen molar-refractivity contribution in [2.75, 3.05) is 30.5 Å². The lowest BCUT2D eigenvalue weighted by Crippen LogP contribution is -2.39.